The van der Waals surface area contributed by atoms with Gasteiger partial charge in [0.05, 0.1) is 27.0 Å². The van der Waals surface area contributed by atoms with Crippen molar-refractivity contribution in [2.75, 3.05) is 0 Å². The van der Waals surface area contributed by atoms with Gasteiger partial charge in [0.1, 0.15) is 5.82 Å². The number of para-hydroxylation sites is 4. The molecule has 32 heavy (non-hydrogen) atoms. The van der Waals surface area contributed by atoms with E-state index in [-0.39, 0.29) is 10.6 Å². The Balaban J connectivity index is 1.77. The lowest BCUT2D eigenvalue weighted by atomic mass is 10.0. The summed E-state index contributed by atoms with van der Waals surface area (Å²) < 4.78 is 2.11. The van der Waals surface area contributed by atoms with E-state index in [1.54, 1.807) is 12.1 Å². The molecule has 0 aliphatic carbocycles. The molecule has 0 bridgehead atoms. The van der Waals surface area contributed by atoms with Crippen LogP contribution in [0, 0.1) is 10.1 Å². The smallest absolute Gasteiger partial charge is 0.277 e. The van der Waals surface area contributed by atoms with Crippen LogP contribution in [0.5, 0.6) is 0 Å². The standard InChI is InChI=1S/C27H17N3O2/c31-30(32)25-15-6-3-10-20(25)22-12-7-11-21-19-9-2-5-14-24(19)29(27(21)22)26-17-16-18-8-1-4-13-23(18)28-26/h1-17H. The Labute approximate surface area is 183 Å². The van der Waals surface area contributed by atoms with E-state index in [0.29, 0.717) is 5.56 Å². The molecule has 6 rings (SSSR count). The summed E-state index contributed by atoms with van der Waals surface area (Å²) in [6.45, 7) is 0. The largest absolute Gasteiger partial charge is 0.293 e. The number of nitro benzene ring substituents is 1. The molecule has 0 aliphatic heterocycles. The van der Waals surface area contributed by atoms with Crippen LogP contribution in [0.1, 0.15) is 0 Å². The maximum absolute atomic E-state index is 11.8. The number of hydrogen-bond donors (Lipinski definition) is 0. The molecule has 152 valence electrons. The van der Waals surface area contributed by atoms with Gasteiger partial charge in [-0.05, 0) is 30.3 Å². The maximum atomic E-state index is 11.8. The number of fused-ring (bicyclic) bond motifs is 4. The molecule has 0 fully saturated rings. The molecule has 2 aromatic heterocycles. The van der Waals surface area contributed by atoms with E-state index in [4.69, 9.17) is 4.98 Å². The molecular formula is C27H17N3O2. The molecule has 0 saturated heterocycles. The Kier molecular flexibility index (Phi) is 4.01. The minimum atomic E-state index is -0.324. The van der Waals surface area contributed by atoms with Crippen LogP contribution < -0.4 is 0 Å². The lowest BCUT2D eigenvalue weighted by Gasteiger charge is -2.12. The van der Waals surface area contributed by atoms with Gasteiger partial charge in [0, 0.05) is 27.8 Å². The predicted molar refractivity (Wildman–Crippen MR) is 128 cm³/mol. The zero-order valence-electron chi connectivity index (χ0n) is 17.0. The minimum absolute atomic E-state index is 0.0864. The summed E-state index contributed by atoms with van der Waals surface area (Å²) >= 11 is 0. The summed E-state index contributed by atoms with van der Waals surface area (Å²) in [5.41, 5.74) is 4.30. The lowest BCUT2D eigenvalue weighted by Crippen LogP contribution is -1.99. The van der Waals surface area contributed by atoms with Crippen LogP contribution >= 0.6 is 0 Å². The van der Waals surface area contributed by atoms with Gasteiger partial charge in [-0.15, -0.1) is 0 Å². The highest BCUT2D eigenvalue weighted by molar-refractivity contribution is 6.14. The molecule has 0 saturated carbocycles. The summed E-state index contributed by atoms with van der Waals surface area (Å²) in [5, 5.41) is 15.0. The molecule has 0 atom stereocenters. The summed E-state index contributed by atoms with van der Waals surface area (Å²) in [7, 11) is 0. The van der Waals surface area contributed by atoms with E-state index in [0.717, 1.165) is 44.1 Å². The van der Waals surface area contributed by atoms with Gasteiger partial charge in [-0.3, -0.25) is 14.7 Å². The van der Waals surface area contributed by atoms with Crippen molar-refractivity contribution < 1.29 is 4.92 Å². The van der Waals surface area contributed by atoms with Crippen molar-refractivity contribution in [1.82, 2.24) is 9.55 Å². The second kappa shape index (κ2) is 7.03. The predicted octanol–water partition coefficient (Wildman–Crippen LogP) is 6.91. The average Bonchev–Trinajstić information content (AvgIpc) is 3.18. The summed E-state index contributed by atoms with van der Waals surface area (Å²) in [5.74, 6) is 0.779. The monoisotopic (exact) mass is 415 g/mol. The van der Waals surface area contributed by atoms with E-state index >= 15 is 0 Å². The summed E-state index contributed by atoms with van der Waals surface area (Å²) in [6.07, 6.45) is 0. The first-order chi connectivity index (χ1) is 15.7. The van der Waals surface area contributed by atoms with Crippen LogP contribution in [0.4, 0.5) is 5.69 Å². The number of hydrogen-bond acceptors (Lipinski definition) is 3. The van der Waals surface area contributed by atoms with E-state index in [9.17, 15) is 10.1 Å². The van der Waals surface area contributed by atoms with Crippen molar-refractivity contribution in [3.63, 3.8) is 0 Å². The van der Waals surface area contributed by atoms with E-state index in [2.05, 4.69) is 28.8 Å². The Bertz CT molecular complexity index is 1670. The van der Waals surface area contributed by atoms with Crippen LogP contribution in [-0.4, -0.2) is 14.5 Å². The number of benzene rings is 4. The van der Waals surface area contributed by atoms with Gasteiger partial charge in [-0.1, -0.05) is 66.7 Å². The highest BCUT2D eigenvalue weighted by Crippen LogP contribution is 2.40. The van der Waals surface area contributed by atoms with Crippen molar-refractivity contribution in [3.05, 3.63) is 113 Å². The molecule has 0 unspecified atom stereocenters. The third kappa shape index (κ3) is 2.68. The van der Waals surface area contributed by atoms with Gasteiger partial charge < -0.3 is 0 Å². The highest BCUT2D eigenvalue weighted by Gasteiger charge is 2.21. The van der Waals surface area contributed by atoms with Gasteiger partial charge in [0.15, 0.2) is 0 Å². The second-order valence-electron chi connectivity index (χ2n) is 7.69. The van der Waals surface area contributed by atoms with Crippen LogP contribution in [0.3, 0.4) is 0 Å². The first kappa shape index (κ1) is 18.3. The quantitative estimate of drug-likeness (QED) is 0.233. The van der Waals surface area contributed by atoms with Crippen molar-refractivity contribution in [3.8, 4) is 16.9 Å². The van der Waals surface area contributed by atoms with E-state index < -0.39 is 0 Å². The Morgan fingerprint density at radius 1 is 0.688 bits per heavy atom. The first-order valence-corrected chi connectivity index (χ1v) is 10.3. The molecule has 0 spiro atoms. The molecule has 0 radical (unpaired) electrons. The third-order valence-corrected chi connectivity index (χ3v) is 5.90. The Morgan fingerprint density at radius 2 is 1.41 bits per heavy atom. The fraction of sp³-hybridized carbons (Fsp3) is 0. The third-order valence-electron chi connectivity index (χ3n) is 5.90. The first-order valence-electron chi connectivity index (χ1n) is 10.3. The molecule has 4 aromatic carbocycles. The molecular weight excluding hydrogens is 398 g/mol. The van der Waals surface area contributed by atoms with E-state index in [1.807, 2.05) is 66.7 Å². The SMILES string of the molecule is O=[N+]([O-])c1ccccc1-c1cccc2c3ccccc3n(-c3ccc4ccccc4n3)c12. The molecule has 5 nitrogen and oxygen atoms in total. The molecule has 6 aromatic rings. The fourth-order valence-electron chi connectivity index (χ4n) is 4.51. The molecule has 0 aliphatic rings. The fourth-order valence-corrected chi connectivity index (χ4v) is 4.51. The molecule has 0 amide bonds. The van der Waals surface area contributed by atoms with Gasteiger partial charge in [-0.2, -0.15) is 0 Å². The highest BCUT2D eigenvalue weighted by atomic mass is 16.6. The Hall–Kier alpha value is -4.51. The maximum Gasteiger partial charge on any atom is 0.277 e. The van der Waals surface area contributed by atoms with E-state index in [1.165, 1.54) is 0 Å². The minimum Gasteiger partial charge on any atom is -0.293 e. The average molecular weight is 415 g/mol. The summed E-state index contributed by atoms with van der Waals surface area (Å²) in [4.78, 5) is 16.4. The van der Waals surface area contributed by atoms with Crippen LogP contribution in [-0.2, 0) is 0 Å². The normalized spacial score (nSPS) is 11.4. The lowest BCUT2D eigenvalue weighted by molar-refractivity contribution is -0.384. The number of nitro groups is 1. The van der Waals surface area contributed by atoms with Crippen molar-refractivity contribution >= 4 is 38.4 Å². The Morgan fingerprint density at radius 3 is 2.31 bits per heavy atom. The summed E-state index contributed by atoms with van der Waals surface area (Å²) in [6, 6.07) is 33.1. The zero-order chi connectivity index (χ0) is 21.7. The van der Waals surface area contributed by atoms with Crippen molar-refractivity contribution in [2.24, 2.45) is 0 Å². The second-order valence-corrected chi connectivity index (χ2v) is 7.69. The van der Waals surface area contributed by atoms with Crippen LogP contribution in [0.15, 0.2) is 103 Å². The van der Waals surface area contributed by atoms with Gasteiger partial charge >= 0.3 is 0 Å². The topological polar surface area (TPSA) is 61.0 Å². The van der Waals surface area contributed by atoms with Crippen molar-refractivity contribution in [1.29, 1.82) is 0 Å². The number of nitrogens with zero attached hydrogens (tertiary/aromatic N) is 3. The van der Waals surface area contributed by atoms with Crippen molar-refractivity contribution in [2.45, 2.75) is 0 Å². The molecule has 5 heteroatoms. The number of pyridine rings is 1. The van der Waals surface area contributed by atoms with Gasteiger partial charge in [0.25, 0.3) is 5.69 Å². The van der Waals surface area contributed by atoms with Crippen LogP contribution in [0.2, 0.25) is 0 Å². The zero-order valence-corrected chi connectivity index (χ0v) is 17.0. The number of rotatable bonds is 3. The van der Waals surface area contributed by atoms with Gasteiger partial charge in [-0.25, -0.2) is 4.98 Å². The molecule has 0 N–H and O–H groups in total. The molecule has 2 heterocycles. The van der Waals surface area contributed by atoms with Gasteiger partial charge in [0.2, 0.25) is 0 Å². The van der Waals surface area contributed by atoms with Crippen LogP contribution in [0.25, 0.3) is 49.7 Å². The number of aromatic nitrogens is 2.